The molecule has 0 fully saturated rings. The van der Waals surface area contributed by atoms with Gasteiger partial charge in [-0.15, -0.1) is 0 Å². The number of hydrogen-bond acceptors (Lipinski definition) is 10. The highest BCUT2D eigenvalue weighted by atomic mass is 35.5. The molecule has 3 aromatic carbocycles. The Morgan fingerprint density at radius 2 is 1.83 bits per heavy atom. The summed E-state index contributed by atoms with van der Waals surface area (Å²) in [7, 11) is -4.37. The second kappa shape index (κ2) is 15.3. The zero-order valence-corrected chi connectivity index (χ0v) is 29.5. The lowest BCUT2D eigenvalue weighted by Gasteiger charge is -2.29. The summed E-state index contributed by atoms with van der Waals surface area (Å²) >= 11 is 15.7. The van der Waals surface area contributed by atoms with E-state index in [-0.39, 0.29) is 38.7 Å². The smallest absolute Gasteiger partial charge is 0.328 e. The molecule has 1 unspecified atom stereocenters. The van der Waals surface area contributed by atoms with Crippen LogP contribution >= 0.6 is 46.3 Å². The Bertz CT molecular complexity index is 1920. The van der Waals surface area contributed by atoms with E-state index in [1.54, 1.807) is 30.9 Å². The molecule has 248 valence electrons. The van der Waals surface area contributed by atoms with Crippen molar-refractivity contribution < 1.29 is 31.9 Å². The third-order valence-electron chi connectivity index (χ3n) is 7.34. The van der Waals surface area contributed by atoms with E-state index in [1.165, 1.54) is 23.1 Å². The Labute approximate surface area is 291 Å². The maximum absolute atomic E-state index is 13.4. The summed E-state index contributed by atoms with van der Waals surface area (Å²) in [4.78, 5) is 30.7. The SMILES string of the molecule is CCOC(=O)C(C)N(CC(=O)NC[n+]1c(/C=C2\Sc3ccc(Cl)cc3N2CCCS(=O)(=O)[O-])sc2ccc(Cl)cc21)c1ccccc1. The van der Waals surface area contributed by atoms with Crippen LogP contribution in [0.1, 0.15) is 25.3 Å². The molecule has 15 heteroatoms. The number of benzene rings is 3. The van der Waals surface area contributed by atoms with Gasteiger partial charge in [-0.25, -0.2) is 13.2 Å². The van der Waals surface area contributed by atoms with E-state index in [2.05, 4.69) is 5.32 Å². The number of aromatic nitrogens is 1. The third-order valence-corrected chi connectivity index (χ3v) is 10.8. The Morgan fingerprint density at radius 3 is 2.55 bits per heavy atom. The standard InChI is InChI=1S/C32H32Cl2N4O6S3/c1-3-44-32(40)21(2)37(24-8-5-4-6-9-24)19-29(39)35-20-38-26-17-23(34)11-13-28(26)46-31(38)18-30-36(14-7-15-47(41,42)43)25-16-22(33)10-12-27(25)45-30/h4-6,8-13,16-18,21H,3,7,14-15,19-20H2,1-2H3,(H-,35,39,41,42,43). The highest BCUT2D eigenvalue weighted by molar-refractivity contribution is 8.03. The first kappa shape index (κ1) is 35.0. The average Bonchev–Trinajstić information content (AvgIpc) is 3.54. The van der Waals surface area contributed by atoms with Crippen LogP contribution in [0.2, 0.25) is 10.0 Å². The van der Waals surface area contributed by atoms with Gasteiger partial charge in [-0.2, -0.15) is 4.57 Å². The first-order valence-corrected chi connectivity index (χ1v) is 18.7. The Hall–Kier alpha value is -3.33. The minimum Gasteiger partial charge on any atom is -0.748 e. The lowest BCUT2D eigenvalue weighted by atomic mass is 10.2. The van der Waals surface area contributed by atoms with Gasteiger partial charge >= 0.3 is 5.97 Å². The molecule has 47 heavy (non-hydrogen) atoms. The van der Waals surface area contributed by atoms with Crippen molar-refractivity contribution in [2.45, 2.75) is 37.9 Å². The van der Waals surface area contributed by atoms with Gasteiger partial charge in [-0.1, -0.05) is 64.5 Å². The van der Waals surface area contributed by atoms with E-state index in [4.69, 9.17) is 27.9 Å². The van der Waals surface area contributed by atoms with Crippen LogP contribution in [-0.4, -0.2) is 56.3 Å². The molecule has 0 bridgehead atoms. The molecule has 1 atom stereocenters. The first-order valence-electron chi connectivity index (χ1n) is 14.7. The molecule has 0 saturated heterocycles. The minimum atomic E-state index is -4.37. The molecule has 2 heterocycles. The number of thioether (sulfide) groups is 1. The van der Waals surface area contributed by atoms with Crippen LogP contribution in [0, 0.1) is 0 Å². The maximum atomic E-state index is 13.4. The number of halogens is 2. The number of rotatable bonds is 13. The number of esters is 1. The van der Waals surface area contributed by atoms with Crippen molar-refractivity contribution in [3.8, 4) is 0 Å². The summed E-state index contributed by atoms with van der Waals surface area (Å²) in [5.74, 6) is -1.23. The summed E-state index contributed by atoms with van der Waals surface area (Å²) in [5.41, 5.74) is 2.33. The summed E-state index contributed by atoms with van der Waals surface area (Å²) < 4.78 is 42.1. The number of para-hydroxylation sites is 1. The van der Waals surface area contributed by atoms with Gasteiger partial charge in [0.15, 0.2) is 0 Å². The second-order valence-electron chi connectivity index (χ2n) is 10.6. The predicted molar refractivity (Wildman–Crippen MR) is 187 cm³/mol. The van der Waals surface area contributed by atoms with Crippen molar-refractivity contribution in [3.63, 3.8) is 0 Å². The number of ether oxygens (including phenoxy) is 1. The minimum absolute atomic E-state index is 0.0911. The summed E-state index contributed by atoms with van der Waals surface area (Å²) in [6.07, 6.45) is 2.10. The van der Waals surface area contributed by atoms with Crippen LogP contribution in [-0.2, 0) is 31.1 Å². The van der Waals surface area contributed by atoms with Crippen LogP contribution in [0.5, 0.6) is 0 Å². The number of carbonyl (C=O) groups excluding carboxylic acids is 2. The monoisotopic (exact) mass is 734 g/mol. The van der Waals surface area contributed by atoms with Gasteiger partial charge in [0.1, 0.15) is 10.7 Å². The van der Waals surface area contributed by atoms with Crippen molar-refractivity contribution in [3.05, 3.63) is 86.8 Å². The number of thiazole rings is 1. The van der Waals surface area contributed by atoms with E-state index < -0.39 is 27.9 Å². The van der Waals surface area contributed by atoms with Gasteiger partial charge in [-0.05, 0) is 62.7 Å². The molecular formula is C32H32Cl2N4O6S3. The molecule has 0 saturated carbocycles. The average molecular weight is 736 g/mol. The lowest BCUT2D eigenvalue weighted by Crippen LogP contribution is -2.50. The number of carbonyl (C=O) groups is 2. The van der Waals surface area contributed by atoms with E-state index in [0.717, 1.165) is 30.8 Å². The number of hydrogen-bond donors (Lipinski definition) is 1. The van der Waals surface area contributed by atoms with E-state index in [1.807, 2.05) is 70.1 Å². The number of anilines is 2. The van der Waals surface area contributed by atoms with Crippen molar-refractivity contribution >= 4 is 96.0 Å². The summed E-state index contributed by atoms with van der Waals surface area (Å²) in [6, 6.07) is 19.5. The van der Waals surface area contributed by atoms with Crippen LogP contribution in [0.25, 0.3) is 16.3 Å². The Balaban J connectivity index is 1.43. The van der Waals surface area contributed by atoms with E-state index >= 15 is 0 Å². The molecule has 1 aromatic heterocycles. The van der Waals surface area contributed by atoms with Crippen LogP contribution in [0.4, 0.5) is 11.4 Å². The van der Waals surface area contributed by atoms with Crippen molar-refractivity contribution in [1.29, 1.82) is 0 Å². The molecule has 0 radical (unpaired) electrons. The molecule has 4 aromatic rings. The molecule has 1 N–H and O–H groups in total. The zero-order chi connectivity index (χ0) is 33.7. The summed E-state index contributed by atoms with van der Waals surface area (Å²) in [6.45, 7) is 3.97. The fourth-order valence-corrected chi connectivity index (χ4v) is 8.18. The Kier molecular flexibility index (Phi) is 11.4. The molecule has 1 aliphatic heterocycles. The van der Waals surface area contributed by atoms with Gasteiger partial charge in [0.05, 0.1) is 40.1 Å². The third kappa shape index (κ3) is 8.78. The van der Waals surface area contributed by atoms with Gasteiger partial charge in [0.2, 0.25) is 18.1 Å². The number of nitrogens with one attached hydrogen (secondary N) is 1. The van der Waals surface area contributed by atoms with E-state index in [0.29, 0.717) is 15.7 Å². The second-order valence-corrected chi connectivity index (χ2v) is 15.1. The number of amides is 1. The fourth-order valence-electron chi connectivity index (χ4n) is 5.10. The molecule has 0 spiro atoms. The van der Waals surface area contributed by atoms with Crippen molar-refractivity contribution in [2.24, 2.45) is 0 Å². The number of fused-ring (bicyclic) bond motifs is 2. The molecule has 10 nitrogen and oxygen atoms in total. The molecule has 1 aliphatic rings. The molecular weight excluding hydrogens is 703 g/mol. The van der Waals surface area contributed by atoms with Crippen LogP contribution in [0.3, 0.4) is 0 Å². The van der Waals surface area contributed by atoms with E-state index in [9.17, 15) is 22.6 Å². The molecule has 0 aliphatic carbocycles. The topological polar surface area (TPSA) is 123 Å². The molecule has 5 rings (SSSR count). The lowest BCUT2D eigenvalue weighted by molar-refractivity contribution is -0.672. The van der Waals surface area contributed by atoms with Gasteiger partial charge < -0.3 is 19.1 Å². The quantitative estimate of drug-likeness (QED) is 0.102. The zero-order valence-electron chi connectivity index (χ0n) is 25.5. The van der Waals surface area contributed by atoms with Crippen LogP contribution in [0.15, 0.2) is 76.7 Å². The summed E-state index contributed by atoms with van der Waals surface area (Å²) in [5, 5.41) is 5.67. The first-order chi connectivity index (χ1) is 22.4. The maximum Gasteiger partial charge on any atom is 0.328 e. The largest absolute Gasteiger partial charge is 0.748 e. The normalized spacial score (nSPS) is 14.3. The Morgan fingerprint density at radius 1 is 1.11 bits per heavy atom. The van der Waals surface area contributed by atoms with Crippen LogP contribution < -0.4 is 19.7 Å². The van der Waals surface area contributed by atoms with Gasteiger partial charge in [-0.3, -0.25) is 10.1 Å². The fraction of sp³-hybridized carbons (Fsp3) is 0.281. The predicted octanol–water partition coefficient (Wildman–Crippen LogP) is 5.87. The van der Waals surface area contributed by atoms with Crippen molar-refractivity contribution in [2.75, 3.05) is 35.2 Å². The van der Waals surface area contributed by atoms with Gasteiger partial charge in [0, 0.05) is 39.0 Å². The highest BCUT2D eigenvalue weighted by Gasteiger charge is 2.29. The number of nitrogens with zero attached hydrogens (tertiary/aromatic N) is 3. The molecule has 1 amide bonds. The van der Waals surface area contributed by atoms with Gasteiger partial charge in [0.25, 0.3) is 5.01 Å². The highest BCUT2D eigenvalue weighted by Crippen LogP contribution is 2.48. The van der Waals surface area contributed by atoms with Crippen molar-refractivity contribution in [1.82, 2.24) is 5.32 Å².